The summed E-state index contributed by atoms with van der Waals surface area (Å²) >= 11 is 0. The van der Waals surface area contributed by atoms with Crippen LogP contribution >= 0.6 is 0 Å². The van der Waals surface area contributed by atoms with E-state index in [1.165, 1.54) is 48.6 Å². The van der Waals surface area contributed by atoms with Crippen LogP contribution in [0.2, 0.25) is 0 Å². The van der Waals surface area contributed by atoms with Gasteiger partial charge in [-0.1, -0.05) is 0 Å². The average Bonchev–Trinajstić information content (AvgIpc) is 2.69. The van der Waals surface area contributed by atoms with Gasteiger partial charge in [-0.15, -0.1) is 0 Å². The Morgan fingerprint density at radius 1 is 1.00 bits per heavy atom. The number of nitrogens with zero attached hydrogens (tertiary/aromatic N) is 1. The third-order valence-corrected chi connectivity index (χ3v) is 4.24. The molecule has 0 amide bonds. The second-order valence-electron chi connectivity index (χ2n) is 6.10. The molecule has 1 fully saturated rings. The molecule has 0 bridgehead atoms. The number of ketones is 1. The molecule has 5 atom stereocenters. The number of benzene rings is 1. The molecule has 27 heavy (non-hydrogen) atoms. The zero-order valence-corrected chi connectivity index (χ0v) is 14.1. The van der Waals surface area contributed by atoms with Gasteiger partial charge >= 0.3 is 0 Å². The molecule has 1 aromatic rings. The largest absolute Gasteiger partial charge is 0.618 e. The van der Waals surface area contributed by atoms with E-state index < -0.39 is 37.3 Å². The van der Waals surface area contributed by atoms with Crippen LogP contribution in [0.25, 0.3) is 0 Å². The molecule has 1 heterocycles. The number of aliphatic hydroxyl groups is 4. The van der Waals surface area contributed by atoms with Crippen molar-refractivity contribution in [1.82, 2.24) is 0 Å². The van der Waals surface area contributed by atoms with Crippen LogP contribution in [0.5, 0.6) is 5.75 Å². The minimum absolute atomic E-state index is 0.199. The zero-order valence-electron chi connectivity index (χ0n) is 14.1. The molecule has 2 aliphatic rings. The fourth-order valence-electron chi connectivity index (χ4n) is 2.69. The molecule has 1 aliphatic carbocycles. The normalized spacial score (nSPS) is 30.4. The van der Waals surface area contributed by atoms with Gasteiger partial charge in [-0.05, 0) is 24.3 Å². The Morgan fingerprint density at radius 3 is 2.22 bits per heavy atom. The molecule has 0 unspecified atom stereocenters. The van der Waals surface area contributed by atoms with Crippen LogP contribution < -0.4 is 4.74 Å². The lowest BCUT2D eigenvalue weighted by Crippen LogP contribution is -2.60. The zero-order chi connectivity index (χ0) is 19.6. The second kappa shape index (κ2) is 7.99. The van der Waals surface area contributed by atoms with Crippen LogP contribution in [0, 0.1) is 5.21 Å². The van der Waals surface area contributed by atoms with E-state index in [0.29, 0.717) is 4.74 Å². The smallest absolute Gasteiger partial charge is 0.229 e. The van der Waals surface area contributed by atoms with Gasteiger partial charge in [0, 0.05) is 24.3 Å². The summed E-state index contributed by atoms with van der Waals surface area (Å²) in [6.07, 6.45) is -1.52. The van der Waals surface area contributed by atoms with E-state index in [1.54, 1.807) is 0 Å². The highest BCUT2D eigenvalue weighted by Gasteiger charge is 2.44. The van der Waals surface area contributed by atoms with Gasteiger partial charge in [0.1, 0.15) is 30.2 Å². The van der Waals surface area contributed by atoms with Crippen molar-refractivity contribution < 1.29 is 39.4 Å². The van der Waals surface area contributed by atoms with Gasteiger partial charge in [-0.3, -0.25) is 4.79 Å². The molecular weight excluding hydrogens is 358 g/mol. The number of hydrogen-bond acceptors (Lipinski definition) is 8. The van der Waals surface area contributed by atoms with Crippen LogP contribution in [0.3, 0.4) is 0 Å². The van der Waals surface area contributed by atoms with Crippen LogP contribution in [-0.4, -0.2) is 74.0 Å². The van der Waals surface area contributed by atoms with Gasteiger partial charge in [0.15, 0.2) is 5.78 Å². The Labute approximate surface area is 154 Å². The molecule has 4 N–H and O–H groups in total. The average molecular weight is 377 g/mol. The maximum Gasteiger partial charge on any atom is 0.229 e. The molecule has 0 radical (unpaired) electrons. The van der Waals surface area contributed by atoms with E-state index in [9.17, 15) is 30.4 Å². The first kappa shape index (κ1) is 19.2. The maximum absolute atomic E-state index is 12.3. The first-order chi connectivity index (χ1) is 12.9. The first-order valence-corrected chi connectivity index (χ1v) is 8.22. The van der Waals surface area contributed by atoms with Gasteiger partial charge in [0.25, 0.3) is 0 Å². The minimum atomic E-state index is -1.54. The first-order valence-electron chi connectivity index (χ1n) is 8.22. The van der Waals surface area contributed by atoms with Crippen LogP contribution in [0.4, 0.5) is 5.69 Å². The number of carbonyl (C=O) groups excluding carboxylic acids is 1. The van der Waals surface area contributed by atoms with Crippen molar-refractivity contribution in [3.8, 4) is 5.75 Å². The highest BCUT2D eigenvalue weighted by Crippen LogP contribution is 2.25. The molecule has 1 aromatic carbocycles. The molecule has 144 valence electrons. The molecule has 1 saturated heterocycles. The summed E-state index contributed by atoms with van der Waals surface area (Å²) in [6, 6.07) is 5.86. The van der Waals surface area contributed by atoms with Gasteiger partial charge in [-0.2, -0.15) is 4.74 Å². The third kappa shape index (κ3) is 4.07. The van der Waals surface area contributed by atoms with Gasteiger partial charge in [0.05, 0.1) is 6.61 Å². The van der Waals surface area contributed by atoms with Crippen LogP contribution in [0.1, 0.15) is 0 Å². The van der Waals surface area contributed by atoms with Crippen molar-refractivity contribution in [1.29, 1.82) is 0 Å². The van der Waals surface area contributed by atoms with Crippen molar-refractivity contribution >= 4 is 17.2 Å². The number of rotatable bonds is 4. The predicted octanol–water partition coefficient (Wildman–Crippen LogP) is -0.857. The van der Waals surface area contributed by atoms with Crippen molar-refractivity contribution in [3.63, 3.8) is 0 Å². The maximum atomic E-state index is 12.3. The quantitative estimate of drug-likeness (QED) is 0.230. The summed E-state index contributed by atoms with van der Waals surface area (Å²) in [6.45, 7) is -0.558. The lowest BCUT2D eigenvalue weighted by Gasteiger charge is -2.39. The monoisotopic (exact) mass is 377 g/mol. The standard InChI is InChI=1S/C18H19NO8/c20-9-14-15(22)16(23)17(24)18(27-14)26-13-7-3-11(4-8-13)19(25)10-1-5-12(21)6-2-10/h1-8,14-18,20,22-24H,9H2/t14-,15-,16+,17-,18-/m1/s1. The predicted molar refractivity (Wildman–Crippen MR) is 92.4 cm³/mol. The summed E-state index contributed by atoms with van der Waals surface area (Å²) < 4.78 is 11.4. The molecule has 0 aromatic heterocycles. The fraction of sp³-hybridized carbons (Fsp3) is 0.333. The summed E-state index contributed by atoms with van der Waals surface area (Å²) in [5.41, 5.74) is 0.576. The summed E-state index contributed by atoms with van der Waals surface area (Å²) in [4.78, 5) is 11.1. The van der Waals surface area contributed by atoms with Crippen molar-refractivity contribution in [2.24, 2.45) is 0 Å². The molecule has 0 saturated carbocycles. The highest BCUT2D eigenvalue weighted by atomic mass is 16.7. The molecule has 9 heteroatoms. The molecule has 1 aliphatic heterocycles. The Bertz CT molecular complexity index is 765. The topological polar surface area (TPSA) is 143 Å². The Morgan fingerprint density at radius 2 is 1.63 bits per heavy atom. The van der Waals surface area contributed by atoms with Gasteiger partial charge in [-0.25, -0.2) is 0 Å². The van der Waals surface area contributed by atoms with E-state index in [-0.39, 0.29) is 22.9 Å². The third-order valence-electron chi connectivity index (χ3n) is 4.24. The highest BCUT2D eigenvalue weighted by molar-refractivity contribution is 6.14. The SMILES string of the molecule is O=C1C=CC(=[N+]([O-])c2ccc(O[C@@H]3O[C@H](CO)[C@@H](O)[C@H](O)[C@H]3O)cc2)C=C1. The Hall–Kier alpha value is -2.56. The molecule has 3 rings (SSSR count). The van der Waals surface area contributed by atoms with Gasteiger partial charge < -0.3 is 35.1 Å². The van der Waals surface area contributed by atoms with Crippen LogP contribution in [-0.2, 0) is 9.53 Å². The van der Waals surface area contributed by atoms with Crippen LogP contribution in [0.15, 0.2) is 48.6 Å². The molecular formula is C18H19NO8. The Kier molecular flexibility index (Phi) is 5.68. The lowest BCUT2D eigenvalue weighted by molar-refractivity contribution is -0.358. The summed E-state index contributed by atoms with van der Waals surface area (Å²) in [7, 11) is 0. The lowest BCUT2D eigenvalue weighted by atomic mass is 9.99. The van der Waals surface area contributed by atoms with Crippen molar-refractivity contribution in [2.45, 2.75) is 30.7 Å². The van der Waals surface area contributed by atoms with E-state index in [2.05, 4.69) is 0 Å². The number of aliphatic hydroxyl groups excluding tert-OH is 4. The number of ether oxygens (including phenoxy) is 2. The van der Waals surface area contributed by atoms with Crippen molar-refractivity contribution in [2.75, 3.05) is 6.61 Å². The number of hydrogen-bond donors (Lipinski definition) is 4. The van der Waals surface area contributed by atoms with Gasteiger partial charge in [0.2, 0.25) is 17.7 Å². The van der Waals surface area contributed by atoms with E-state index in [0.717, 1.165) is 0 Å². The summed E-state index contributed by atoms with van der Waals surface area (Å²) in [5, 5.41) is 51.0. The molecule has 0 spiro atoms. The second-order valence-corrected chi connectivity index (χ2v) is 6.10. The molecule has 9 nitrogen and oxygen atoms in total. The number of carbonyl (C=O) groups is 1. The van der Waals surface area contributed by atoms with Crippen molar-refractivity contribution in [3.05, 3.63) is 53.8 Å². The van der Waals surface area contributed by atoms with E-state index in [4.69, 9.17) is 9.47 Å². The Balaban J connectivity index is 1.72. The fourth-order valence-corrected chi connectivity index (χ4v) is 2.69. The summed E-state index contributed by atoms with van der Waals surface area (Å²) in [5.74, 6) is 0.0433. The number of allylic oxidation sites excluding steroid dienone is 4. The van der Waals surface area contributed by atoms with E-state index in [1.807, 2.05) is 0 Å². The minimum Gasteiger partial charge on any atom is -0.618 e. The van der Waals surface area contributed by atoms with E-state index >= 15 is 0 Å².